The highest BCUT2D eigenvalue weighted by molar-refractivity contribution is 5.32. The molecule has 1 N–H and O–H groups in total. The van der Waals surface area contributed by atoms with Gasteiger partial charge in [0.15, 0.2) is 0 Å². The molecule has 2 nitrogen and oxygen atoms in total. The van der Waals surface area contributed by atoms with Crippen LogP contribution in [0.25, 0.3) is 0 Å². The monoisotopic (exact) mass is 208 g/mol. The van der Waals surface area contributed by atoms with Gasteiger partial charge in [0.25, 0.3) is 0 Å². The molecule has 15 heavy (non-hydrogen) atoms. The Kier molecular flexibility index (Phi) is 3.89. The lowest BCUT2D eigenvalue weighted by Crippen LogP contribution is -2.28. The molecule has 0 amide bonds. The summed E-state index contributed by atoms with van der Waals surface area (Å²) in [6, 6.07) is 6.11. The standard InChI is InChI=1S/C13H20O2/c1-5-15-9-13(4,14)12-7-10(2)6-11(3)8-12/h6-8,14H,5,9H2,1-4H3. The summed E-state index contributed by atoms with van der Waals surface area (Å²) in [5.74, 6) is 0. The van der Waals surface area contributed by atoms with Crippen LogP contribution in [0.5, 0.6) is 0 Å². The summed E-state index contributed by atoms with van der Waals surface area (Å²) in [4.78, 5) is 0. The van der Waals surface area contributed by atoms with Crippen LogP contribution in [-0.2, 0) is 10.3 Å². The van der Waals surface area contributed by atoms with Crippen LogP contribution >= 0.6 is 0 Å². The fraction of sp³-hybridized carbons (Fsp3) is 0.538. The minimum Gasteiger partial charge on any atom is -0.383 e. The first kappa shape index (κ1) is 12.2. The van der Waals surface area contributed by atoms with Crippen LogP contribution in [0.3, 0.4) is 0 Å². The van der Waals surface area contributed by atoms with Gasteiger partial charge >= 0.3 is 0 Å². The predicted molar refractivity (Wildman–Crippen MR) is 62.0 cm³/mol. The average molecular weight is 208 g/mol. The van der Waals surface area contributed by atoms with E-state index in [2.05, 4.69) is 6.07 Å². The van der Waals surface area contributed by atoms with E-state index in [4.69, 9.17) is 4.74 Å². The summed E-state index contributed by atoms with van der Waals surface area (Å²) in [5.41, 5.74) is 2.37. The number of aliphatic hydroxyl groups is 1. The highest BCUT2D eigenvalue weighted by Gasteiger charge is 2.23. The molecule has 0 saturated carbocycles. The lowest BCUT2D eigenvalue weighted by atomic mass is 9.94. The second kappa shape index (κ2) is 4.77. The molecule has 1 rings (SSSR count). The molecule has 0 spiro atoms. The smallest absolute Gasteiger partial charge is 0.110 e. The van der Waals surface area contributed by atoms with Crippen LogP contribution in [0.15, 0.2) is 18.2 Å². The van der Waals surface area contributed by atoms with E-state index in [1.54, 1.807) is 6.92 Å². The van der Waals surface area contributed by atoms with Gasteiger partial charge in [-0.25, -0.2) is 0 Å². The van der Waals surface area contributed by atoms with E-state index in [-0.39, 0.29) is 0 Å². The van der Waals surface area contributed by atoms with Crippen molar-refractivity contribution >= 4 is 0 Å². The Labute approximate surface area is 91.9 Å². The molecule has 0 radical (unpaired) electrons. The minimum atomic E-state index is -0.896. The fourth-order valence-electron chi connectivity index (χ4n) is 1.67. The summed E-state index contributed by atoms with van der Waals surface area (Å²) >= 11 is 0. The molecule has 0 saturated heterocycles. The molecule has 1 aromatic carbocycles. The Bertz CT molecular complexity index is 309. The van der Waals surface area contributed by atoms with Gasteiger partial charge in [-0.2, -0.15) is 0 Å². The second-order valence-electron chi connectivity index (χ2n) is 4.29. The SMILES string of the molecule is CCOCC(C)(O)c1cc(C)cc(C)c1. The number of benzene rings is 1. The van der Waals surface area contributed by atoms with Crippen molar-refractivity contribution in [1.29, 1.82) is 0 Å². The first-order valence-corrected chi connectivity index (χ1v) is 5.34. The van der Waals surface area contributed by atoms with Gasteiger partial charge in [0.05, 0.1) is 6.61 Å². The third kappa shape index (κ3) is 3.33. The molecule has 0 bridgehead atoms. The fourth-order valence-corrected chi connectivity index (χ4v) is 1.67. The van der Waals surface area contributed by atoms with E-state index < -0.39 is 5.60 Å². The predicted octanol–water partition coefficient (Wildman–Crippen LogP) is 2.55. The summed E-state index contributed by atoms with van der Waals surface area (Å²) in [7, 11) is 0. The topological polar surface area (TPSA) is 29.5 Å². The summed E-state index contributed by atoms with van der Waals surface area (Å²) < 4.78 is 5.28. The van der Waals surface area contributed by atoms with Gasteiger partial charge in [-0.15, -0.1) is 0 Å². The maximum Gasteiger partial charge on any atom is 0.110 e. The zero-order chi connectivity index (χ0) is 11.5. The number of hydrogen-bond donors (Lipinski definition) is 1. The van der Waals surface area contributed by atoms with Crippen LogP contribution in [-0.4, -0.2) is 18.3 Å². The van der Waals surface area contributed by atoms with Crippen LogP contribution in [0.2, 0.25) is 0 Å². The number of rotatable bonds is 4. The Hall–Kier alpha value is -0.860. The zero-order valence-electron chi connectivity index (χ0n) is 10.0. The minimum absolute atomic E-state index is 0.340. The Morgan fingerprint density at radius 3 is 2.20 bits per heavy atom. The largest absolute Gasteiger partial charge is 0.383 e. The molecule has 2 heteroatoms. The lowest BCUT2D eigenvalue weighted by molar-refractivity contribution is -0.0344. The summed E-state index contributed by atoms with van der Waals surface area (Å²) in [6.07, 6.45) is 0. The van der Waals surface area contributed by atoms with Crippen molar-refractivity contribution in [2.75, 3.05) is 13.2 Å². The molecule has 0 aromatic heterocycles. The molecular weight excluding hydrogens is 188 g/mol. The number of hydrogen-bond acceptors (Lipinski definition) is 2. The van der Waals surface area contributed by atoms with Gasteiger partial charge in [-0.1, -0.05) is 29.3 Å². The van der Waals surface area contributed by atoms with Crippen molar-refractivity contribution in [2.24, 2.45) is 0 Å². The maximum absolute atomic E-state index is 10.2. The van der Waals surface area contributed by atoms with Gasteiger partial charge in [-0.05, 0) is 33.3 Å². The molecule has 0 fully saturated rings. The molecule has 0 aliphatic heterocycles. The highest BCUT2D eigenvalue weighted by atomic mass is 16.5. The number of ether oxygens (including phenoxy) is 1. The van der Waals surface area contributed by atoms with Crippen molar-refractivity contribution in [1.82, 2.24) is 0 Å². The van der Waals surface area contributed by atoms with Crippen molar-refractivity contribution in [2.45, 2.75) is 33.3 Å². The van der Waals surface area contributed by atoms with Crippen LogP contribution in [0.4, 0.5) is 0 Å². The highest BCUT2D eigenvalue weighted by Crippen LogP contribution is 2.23. The maximum atomic E-state index is 10.2. The molecule has 0 aliphatic carbocycles. The Morgan fingerprint density at radius 1 is 1.20 bits per heavy atom. The Balaban J connectivity index is 2.93. The first-order chi connectivity index (χ1) is 6.95. The van der Waals surface area contributed by atoms with Crippen molar-refractivity contribution in [3.8, 4) is 0 Å². The zero-order valence-corrected chi connectivity index (χ0v) is 10.0. The van der Waals surface area contributed by atoms with E-state index >= 15 is 0 Å². The molecule has 1 aromatic rings. The van der Waals surface area contributed by atoms with Crippen LogP contribution < -0.4 is 0 Å². The van der Waals surface area contributed by atoms with Gasteiger partial charge in [0.1, 0.15) is 5.60 Å². The van der Waals surface area contributed by atoms with Crippen molar-refractivity contribution in [3.05, 3.63) is 34.9 Å². The quantitative estimate of drug-likeness (QED) is 0.824. The molecule has 1 unspecified atom stereocenters. The normalized spacial score (nSPS) is 15.0. The molecule has 0 heterocycles. The lowest BCUT2D eigenvalue weighted by Gasteiger charge is -2.24. The van der Waals surface area contributed by atoms with E-state index in [0.29, 0.717) is 13.2 Å². The Morgan fingerprint density at radius 2 is 1.73 bits per heavy atom. The molecule has 84 valence electrons. The van der Waals surface area contributed by atoms with Gasteiger partial charge in [0.2, 0.25) is 0 Å². The van der Waals surface area contributed by atoms with E-state index in [0.717, 1.165) is 5.56 Å². The molecular formula is C13H20O2. The van der Waals surface area contributed by atoms with Gasteiger partial charge in [0, 0.05) is 6.61 Å². The van der Waals surface area contributed by atoms with Crippen LogP contribution in [0.1, 0.15) is 30.5 Å². The molecule has 1 atom stereocenters. The summed E-state index contributed by atoms with van der Waals surface area (Å²) in [5, 5.41) is 10.2. The third-order valence-electron chi connectivity index (χ3n) is 2.43. The van der Waals surface area contributed by atoms with E-state index in [1.165, 1.54) is 11.1 Å². The molecule has 0 aliphatic rings. The average Bonchev–Trinajstić information content (AvgIpc) is 2.13. The summed E-state index contributed by atoms with van der Waals surface area (Å²) in [6.45, 7) is 8.75. The van der Waals surface area contributed by atoms with Crippen molar-refractivity contribution in [3.63, 3.8) is 0 Å². The van der Waals surface area contributed by atoms with Crippen molar-refractivity contribution < 1.29 is 9.84 Å². The van der Waals surface area contributed by atoms with E-state index in [1.807, 2.05) is 32.9 Å². The van der Waals surface area contributed by atoms with Gasteiger partial charge in [-0.3, -0.25) is 0 Å². The number of aryl methyl sites for hydroxylation is 2. The van der Waals surface area contributed by atoms with E-state index in [9.17, 15) is 5.11 Å². The van der Waals surface area contributed by atoms with Gasteiger partial charge < -0.3 is 9.84 Å². The third-order valence-corrected chi connectivity index (χ3v) is 2.43. The first-order valence-electron chi connectivity index (χ1n) is 5.34. The van der Waals surface area contributed by atoms with Crippen LogP contribution in [0, 0.1) is 13.8 Å². The second-order valence-corrected chi connectivity index (χ2v) is 4.29.